The van der Waals surface area contributed by atoms with E-state index in [4.69, 9.17) is 15.0 Å². The molecule has 2 heterocycles. The Hall–Kier alpha value is -6.65. The number of para-hydroxylation sites is 1. The number of benzene rings is 7. The van der Waals surface area contributed by atoms with E-state index in [2.05, 4.69) is 166 Å². The molecule has 2 aromatic heterocycles. The maximum Gasteiger partial charge on any atom is 0.164 e. The number of rotatable bonds is 5. The van der Waals surface area contributed by atoms with Crippen molar-refractivity contribution < 1.29 is 0 Å². The first-order valence-corrected chi connectivity index (χ1v) is 19.0. The fraction of sp³-hybridized carbons (Fsp3) is 0.118. The van der Waals surface area contributed by atoms with Gasteiger partial charge in [-0.05, 0) is 86.7 Å². The van der Waals surface area contributed by atoms with Crippen LogP contribution >= 0.6 is 0 Å². The normalized spacial score (nSPS) is 14.1. The summed E-state index contributed by atoms with van der Waals surface area (Å²) in [6, 6.07) is 60.2. The van der Waals surface area contributed by atoms with Gasteiger partial charge in [0.25, 0.3) is 0 Å². The van der Waals surface area contributed by atoms with Crippen molar-refractivity contribution in [2.24, 2.45) is 0 Å². The molecule has 0 radical (unpaired) electrons. The first-order valence-electron chi connectivity index (χ1n) is 19.0. The lowest BCUT2D eigenvalue weighted by molar-refractivity contribution is 0.299. The van der Waals surface area contributed by atoms with Gasteiger partial charge >= 0.3 is 0 Å². The summed E-state index contributed by atoms with van der Waals surface area (Å²) in [5.41, 5.74) is 14.0. The minimum Gasteiger partial charge on any atom is -0.309 e. The number of aromatic nitrogens is 4. The molecule has 1 aliphatic carbocycles. The summed E-state index contributed by atoms with van der Waals surface area (Å²) in [4.78, 5) is 15.1. The van der Waals surface area contributed by atoms with Crippen LogP contribution < -0.4 is 0 Å². The van der Waals surface area contributed by atoms with Gasteiger partial charge in [-0.1, -0.05) is 155 Å². The highest BCUT2D eigenvalue weighted by Crippen LogP contribution is 2.56. The third-order valence-electron chi connectivity index (χ3n) is 12.2. The average molecular weight is 709 g/mol. The van der Waals surface area contributed by atoms with Crippen molar-refractivity contribution in [1.29, 1.82) is 0 Å². The highest BCUT2D eigenvalue weighted by molar-refractivity contribution is 6.17. The van der Waals surface area contributed by atoms with E-state index < -0.39 is 0 Å². The lowest BCUT2D eigenvalue weighted by atomic mass is 9.55. The Morgan fingerprint density at radius 2 is 0.945 bits per heavy atom. The van der Waals surface area contributed by atoms with Crippen molar-refractivity contribution in [3.8, 4) is 62.1 Å². The van der Waals surface area contributed by atoms with Gasteiger partial charge in [0.2, 0.25) is 0 Å². The van der Waals surface area contributed by atoms with Crippen molar-refractivity contribution in [3.63, 3.8) is 0 Å². The van der Waals surface area contributed by atoms with Gasteiger partial charge in [0.05, 0.1) is 11.0 Å². The largest absolute Gasteiger partial charge is 0.309 e. The zero-order chi connectivity index (χ0) is 37.3. The Balaban J connectivity index is 1.12. The van der Waals surface area contributed by atoms with Gasteiger partial charge < -0.3 is 4.57 Å². The zero-order valence-corrected chi connectivity index (χ0v) is 31.5. The van der Waals surface area contributed by atoms with Crippen LogP contribution in [0.4, 0.5) is 0 Å². The van der Waals surface area contributed by atoms with E-state index >= 15 is 0 Å². The molecular weight excluding hydrogens is 669 g/mol. The summed E-state index contributed by atoms with van der Waals surface area (Å²) in [5, 5.41) is 2.57. The van der Waals surface area contributed by atoms with Crippen LogP contribution in [-0.2, 0) is 10.8 Å². The van der Waals surface area contributed by atoms with Crippen LogP contribution in [0.5, 0.6) is 0 Å². The average Bonchev–Trinajstić information content (AvgIpc) is 3.58. The predicted molar refractivity (Wildman–Crippen MR) is 227 cm³/mol. The lowest BCUT2D eigenvalue weighted by Gasteiger charge is -2.48. The molecule has 0 unspecified atom stereocenters. The maximum absolute atomic E-state index is 5.09. The van der Waals surface area contributed by atoms with Crippen LogP contribution in [0.2, 0.25) is 0 Å². The molecule has 9 aromatic rings. The van der Waals surface area contributed by atoms with Gasteiger partial charge in [0, 0.05) is 33.2 Å². The molecule has 4 heteroatoms. The van der Waals surface area contributed by atoms with Gasteiger partial charge in [0.1, 0.15) is 0 Å². The monoisotopic (exact) mass is 708 g/mol. The van der Waals surface area contributed by atoms with Gasteiger partial charge in [-0.3, -0.25) is 0 Å². The molecule has 0 spiro atoms. The van der Waals surface area contributed by atoms with E-state index in [1.165, 1.54) is 44.1 Å². The first kappa shape index (κ1) is 33.0. The molecule has 0 bridgehead atoms. The van der Waals surface area contributed by atoms with Crippen LogP contribution in [0.15, 0.2) is 170 Å². The van der Waals surface area contributed by atoms with Crippen LogP contribution in [0.1, 0.15) is 38.8 Å². The fourth-order valence-electron chi connectivity index (χ4n) is 8.64. The third kappa shape index (κ3) is 5.16. The quantitative estimate of drug-likeness (QED) is 0.179. The molecule has 10 rings (SSSR count). The number of hydrogen-bond acceptors (Lipinski definition) is 3. The Morgan fingerprint density at radius 1 is 0.400 bits per heavy atom. The van der Waals surface area contributed by atoms with E-state index in [1.54, 1.807) is 0 Å². The Bertz CT molecular complexity index is 2900. The molecule has 7 aromatic carbocycles. The summed E-state index contributed by atoms with van der Waals surface area (Å²) >= 11 is 0. The SMILES string of the molecule is CC1(C)c2ccccc2-c2c(ccc3c2c2ccccc2n3-c2ccc(-c3nc(-c4ccccc4)nc(-c4cccc(-c5ccccc5)c4)n3)cc2)C1(C)C. The van der Waals surface area contributed by atoms with Crippen molar-refractivity contribution in [2.75, 3.05) is 0 Å². The summed E-state index contributed by atoms with van der Waals surface area (Å²) in [5.74, 6) is 1.93. The summed E-state index contributed by atoms with van der Waals surface area (Å²) < 4.78 is 2.41. The molecule has 0 saturated heterocycles. The molecule has 0 fully saturated rings. The molecule has 0 aliphatic heterocycles. The van der Waals surface area contributed by atoms with Gasteiger partial charge in [-0.25, -0.2) is 15.0 Å². The standard InChI is InChI=1S/C51H40N4/c1-50(2)41-24-13-11-22-39(41)45-42(51(50,3)4)30-31-44-46(45)40-23-12-14-25-43(40)55(44)38-28-26-35(27-29-38)48-52-47(34-18-9-6-10-19-34)53-49(54-48)37-21-15-20-36(32-37)33-16-7-5-8-17-33/h5-32H,1-4H3. The highest BCUT2D eigenvalue weighted by Gasteiger charge is 2.46. The molecule has 55 heavy (non-hydrogen) atoms. The second kappa shape index (κ2) is 12.5. The minimum atomic E-state index is -0.0689. The van der Waals surface area contributed by atoms with E-state index in [-0.39, 0.29) is 10.8 Å². The Kier molecular flexibility index (Phi) is 7.47. The van der Waals surface area contributed by atoms with Crippen molar-refractivity contribution in [2.45, 2.75) is 38.5 Å². The summed E-state index contributed by atoms with van der Waals surface area (Å²) in [7, 11) is 0. The molecule has 0 N–H and O–H groups in total. The maximum atomic E-state index is 5.09. The number of fused-ring (bicyclic) bond motifs is 7. The lowest BCUT2D eigenvalue weighted by Crippen LogP contribution is -2.43. The second-order valence-corrected chi connectivity index (χ2v) is 15.7. The van der Waals surface area contributed by atoms with Crippen molar-refractivity contribution >= 4 is 21.8 Å². The minimum absolute atomic E-state index is 0.0293. The smallest absolute Gasteiger partial charge is 0.164 e. The Labute approximate surface area is 321 Å². The molecule has 264 valence electrons. The van der Waals surface area contributed by atoms with Gasteiger partial charge in [0.15, 0.2) is 17.5 Å². The number of hydrogen-bond donors (Lipinski definition) is 0. The molecular formula is C51H40N4. The third-order valence-corrected chi connectivity index (χ3v) is 12.2. The molecule has 4 nitrogen and oxygen atoms in total. The predicted octanol–water partition coefficient (Wildman–Crippen LogP) is 12.9. The van der Waals surface area contributed by atoms with E-state index in [0.29, 0.717) is 17.5 Å². The molecule has 0 saturated carbocycles. The summed E-state index contributed by atoms with van der Waals surface area (Å²) in [6.07, 6.45) is 0. The topological polar surface area (TPSA) is 43.6 Å². The zero-order valence-electron chi connectivity index (χ0n) is 31.5. The fourth-order valence-corrected chi connectivity index (χ4v) is 8.64. The van der Waals surface area contributed by atoms with Crippen LogP contribution in [-0.4, -0.2) is 19.5 Å². The van der Waals surface area contributed by atoms with Gasteiger partial charge in [-0.2, -0.15) is 0 Å². The van der Waals surface area contributed by atoms with Crippen LogP contribution in [0.3, 0.4) is 0 Å². The van der Waals surface area contributed by atoms with Crippen molar-refractivity contribution in [3.05, 3.63) is 181 Å². The molecule has 0 amide bonds. The van der Waals surface area contributed by atoms with Crippen molar-refractivity contribution in [1.82, 2.24) is 19.5 Å². The van der Waals surface area contributed by atoms with Crippen LogP contribution in [0, 0.1) is 0 Å². The van der Waals surface area contributed by atoms with Gasteiger partial charge in [-0.15, -0.1) is 0 Å². The first-order chi connectivity index (χ1) is 26.8. The van der Waals surface area contributed by atoms with E-state index in [9.17, 15) is 0 Å². The highest BCUT2D eigenvalue weighted by atomic mass is 15.0. The summed E-state index contributed by atoms with van der Waals surface area (Å²) in [6.45, 7) is 9.59. The Morgan fingerprint density at radius 3 is 1.67 bits per heavy atom. The molecule has 1 aliphatic rings. The van der Waals surface area contributed by atoms with Crippen LogP contribution in [0.25, 0.3) is 83.9 Å². The number of nitrogens with zero attached hydrogens (tertiary/aromatic N) is 4. The second-order valence-electron chi connectivity index (χ2n) is 15.7. The molecule has 0 atom stereocenters. The van der Waals surface area contributed by atoms with E-state index in [1.807, 2.05) is 36.4 Å². The van der Waals surface area contributed by atoms with E-state index in [0.717, 1.165) is 33.5 Å².